The molecule has 1 N–H and O–H groups in total. The van der Waals surface area contributed by atoms with Crippen LogP contribution in [0.4, 0.5) is 0 Å². The molecule has 1 aliphatic rings. The first-order chi connectivity index (χ1) is 11.0. The maximum Gasteiger partial charge on any atom is 0.208 e. The van der Waals surface area contributed by atoms with E-state index < -0.39 is 10.0 Å². The van der Waals surface area contributed by atoms with E-state index in [1.165, 1.54) is 6.26 Å². The first kappa shape index (κ1) is 16.1. The third kappa shape index (κ3) is 4.37. The fraction of sp³-hybridized carbons (Fsp3) is 0.467. The molecule has 0 amide bonds. The molecule has 0 radical (unpaired) electrons. The lowest BCUT2D eigenvalue weighted by Gasteiger charge is -2.33. The molecule has 124 valence electrons. The number of aromatic nitrogens is 3. The number of nitrogens with zero attached hydrogens (tertiary/aromatic N) is 4. The summed E-state index contributed by atoms with van der Waals surface area (Å²) in [5.41, 5.74) is 2.19. The second kappa shape index (κ2) is 6.77. The molecular weight excluding hydrogens is 314 g/mol. The van der Waals surface area contributed by atoms with Crippen LogP contribution in [0.5, 0.6) is 0 Å². The minimum absolute atomic E-state index is 0.159. The Bertz CT molecular complexity index is 744. The summed E-state index contributed by atoms with van der Waals surface area (Å²) in [6.07, 6.45) is 5.49. The van der Waals surface area contributed by atoms with Crippen LogP contribution in [0.25, 0.3) is 0 Å². The van der Waals surface area contributed by atoms with Crippen molar-refractivity contribution in [3.63, 3.8) is 0 Å². The zero-order valence-corrected chi connectivity index (χ0v) is 13.9. The van der Waals surface area contributed by atoms with Gasteiger partial charge in [-0.3, -0.25) is 14.6 Å². The molecular formula is C15H21N5O2S. The Morgan fingerprint density at radius 2 is 2.17 bits per heavy atom. The van der Waals surface area contributed by atoms with E-state index in [9.17, 15) is 8.42 Å². The highest BCUT2D eigenvalue weighted by atomic mass is 32.2. The van der Waals surface area contributed by atoms with E-state index in [1.807, 2.05) is 28.9 Å². The third-order valence-corrected chi connectivity index (χ3v) is 4.63. The lowest BCUT2D eigenvalue weighted by atomic mass is 10.1. The SMILES string of the molecule is CS(=O)(=O)NCCC1CN(Cc2ccccn2)Cc2ccnn21. The monoisotopic (exact) mass is 335 g/mol. The number of rotatable bonds is 6. The molecule has 0 aliphatic carbocycles. The molecule has 8 heteroatoms. The van der Waals surface area contributed by atoms with Crippen LogP contribution in [-0.2, 0) is 23.1 Å². The predicted octanol–water partition coefficient (Wildman–Crippen LogP) is 0.774. The van der Waals surface area contributed by atoms with Gasteiger partial charge in [0, 0.05) is 38.6 Å². The molecule has 0 saturated heterocycles. The normalized spacial score (nSPS) is 18.7. The largest absolute Gasteiger partial charge is 0.290 e. The van der Waals surface area contributed by atoms with Crippen LogP contribution in [0.2, 0.25) is 0 Å². The zero-order valence-electron chi connectivity index (χ0n) is 13.1. The van der Waals surface area contributed by atoms with E-state index >= 15 is 0 Å². The molecule has 7 nitrogen and oxygen atoms in total. The maximum atomic E-state index is 11.2. The molecule has 0 bridgehead atoms. The van der Waals surface area contributed by atoms with Crippen LogP contribution in [0.3, 0.4) is 0 Å². The number of hydrogen-bond donors (Lipinski definition) is 1. The van der Waals surface area contributed by atoms with E-state index in [1.54, 1.807) is 12.4 Å². The molecule has 1 unspecified atom stereocenters. The molecule has 1 aliphatic heterocycles. The second-order valence-electron chi connectivity index (χ2n) is 5.87. The number of hydrogen-bond acceptors (Lipinski definition) is 5. The number of pyridine rings is 1. The van der Waals surface area contributed by atoms with E-state index in [0.717, 1.165) is 31.0 Å². The van der Waals surface area contributed by atoms with Gasteiger partial charge in [0.25, 0.3) is 0 Å². The van der Waals surface area contributed by atoms with Crippen molar-refractivity contribution >= 4 is 10.0 Å². The molecule has 0 aromatic carbocycles. The highest BCUT2D eigenvalue weighted by Crippen LogP contribution is 2.23. The predicted molar refractivity (Wildman–Crippen MR) is 87.1 cm³/mol. The molecule has 23 heavy (non-hydrogen) atoms. The van der Waals surface area contributed by atoms with E-state index in [0.29, 0.717) is 13.0 Å². The lowest BCUT2D eigenvalue weighted by molar-refractivity contribution is 0.160. The lowest BCUT2D eigenvalue weighted by Crippen LogP contribution is -2.39. The first-order valence-corrected chi connectivity index (χ1v) is 9.50. The van der Waals surface area contributed by atoms with Crippen LogP contribution < -0.4 is 4.72 Å². The Hall–Kier alpha value is -1.77. The minimum atomic E-state index is -3.15. The van der Waals surface area contributed by atoms with Gasteiger partial charge >= 0.3 is 0 Å². The van der Waals surface area contributed by atoms with E-state index in [2.05, 4.69) is 19.7 Å². The molecule has 2 aromatic rings. The van der Waals surface area contributed by atoms with Crippen molar-refractivity contribution in [1.29, 1.82) is 0 Å². The van der Waals surface area contributed by atoms with Gasteiger partial charge in [0.2, 0.25) is 10.0 Å². The molecule has 0 spiro atoms. The highest BCUT2D eigenvalue weighted by molar-refractivity contribution is 7.88. The van der Waals surface area contributed by atoms with Crippen molar-refractivity contribution in [3.05, 3.63) is 48.0 Å². The molecule has 0 saturated carbocycles. The zero-order chi connectivity index (χ0) is 16.3. The van der Waals surface area contributed by atoms with Crippen LogP contribution in [0.15, 0.2) is 36.7 Å². The van der Waals surface area contributed by atoms with Crippen LogP contribution in [0, 0.1) is 0 Å². The van der Waals surface area contributed by atoms with Crippen molar-refractivity contribution in [2.24, 2.45) is 0 Å². The fourth-order valence-electron chi connectivity index (χ4n) is 2.93. The van der Waals surface area contributed by atoms with Gasteiger partial charge in [-0.25, -0.2) is 13.1 Å². The highest BCUT2D eigenvalue weighted by Gasteiger charge is 2.25. The average Bonchev–Trinajstić information content (AvgIpc) is 2.95. The topological polar surface area (TPSA) is 80.1 Å². The van der Waals surface area contributed by atoms with Gasteiger partial charge in [-0.15, -0.1) is 0 Å². The van der Waals surface area contributed by atoms with Gasteiger partial charge in [-0.2, -0.15) is 5.10 Å². The van der Waals surface area contributed by atoms with E-state index in [4.69, 9.17) is 0 Å². The Labute approximate surface area is 136 Å². The molecule has 3 rings (SSSR count). The first-order valence-electron chi connectivity index (χ1n) is 7.60. The summed E-state index contributed by atoms with van der Waals surface area (Å²) in [5, 5.41) is 4.39. The fourth-order valence-corrected chi connectivity index (χ4v) is 3.42. The Kier molecular flexibility index (Phi) is 4.74. The van der Waals surface area contributed by atoms with Crippen LogP contribution in [0.1, 0.15) is 23.9 Å². The Balaban J connectivity index is 1.67. The van der Waals surface area contributed by atoms with Crippen molar-refractivity contribution in [3.8, 4) is 0 Å². The smallest absolute Gasteiger partial charge is 0.208 e. The van der Waals surface area contributed by atoms with Gasteiger partial charge in [-0.05, 0) is 24.6 Å². The van der Waals surface area contributed by atoms with Crippen LogP contribution >= 0.6 is 0 Å². The number of sulfonamides is 1. The summed E-state index contributed by atoms with van der Waals surface area (Å²) >= 11 is 0. The second-order valence-corrected chi connectivity index (χ2v) is 7.70. The summed E-state index contributed by atoms with van der Waals surface area (Å²) in [5.74, 6) is 0. The summed E-state index contributed by atoms with van der Waals surface area (Å²) in [6, 6.07) is 8.10. The number of nitrogens with one attached hydrogen (secondary N) is 1. The summed E-state index contributed by atoms with van der Waals surface area (Å²) < 4.78 is 27.0. The molecule has 3 heterocycles. The summed E-state index contributed by atoms with van der Waals surface area (Å²) in [6.45, 7) is 2.85. The van der Waals surface area contributed by atoms with Crippen molar-refractivity contribution < 1.29 is 8.42 Å². The van der Waals surface area contributed by atoms with Gasteiger partial charge in [0.1, 0.15) is 0 Å². The standard InChI is InChI=1S/C15H21N5O2S/c1-23(21,22)18-9-6-15-12-19(10-13-4-2-3-7-16-13)11-14-5-8-17-20(14)15/h2-5,7-8,15,18H,6,9-12H2,1H3. The average molecular weight is 335 g/mol. The van der Waals surface area contributed by atoms with Gasteiger partial charge in [0.15, 0.2) is 0 Å². The Morgan fingerprint density at radius 1 is 1.30 bits per heavy atom. The maximum absolute atomic E-state index is 11.2. The van der Waals surface area contributed by atoms with Crippen molar-refractivity contribution in [1.82, 2.24) is 24.4 Å². The van der Waals surface area contributed by atoms with Crippen molar-refractivity contribution in [2.75, 3.05) is 19.3 Å². The number of fused-ring (bicyclic) bond motifs is 1. The minimum Gasteiger partial charge on any atom is -0.290 e. The summed E-state index contributed by atoms with van der Waals surface area (Å²) in [7, 11) is -3.15. The van der Waals surface area contributed by atoms with E-state index in [-0.39, 0.29) is 6.04 Å². The summed E-state index contributed by atoms with van der Waals surface area (Å²) in [4.78, 5) is 6.70. The molecule has 0 fully saturated rings. The Morgan fingerprint density at radius 3 is 2.91 bits per heavy atom. The van der Waals surface area contributed by atoms with Crippen molar-refractivity contribution in [2.45, 2.75) is 25.6 Å². The van der Waals surface area contributed by atoms with Gasteiger partial charge < -0.3 is 0 Å². The molecule has 1 atom stereocenters. The third-order valence-electron chi connectivity index (χ3n) is 3.91. The quantitative estimate of drug-likeness (QED) is 0.844. The van der Waals surface area contributed by atoms with Crippen LogP contribution in [-0.4, -0.2) is 47.4 Å². The van der Waals surface area contributed by atoms with Gasteiger partial charge in [-0.1, -0.05) is 6.07 Å². The van der Waals surface area contributed by atoms with Gasteiger partial charge in [0.05, 0.1) is 23.7 Å². The molecule has 2 aromatic heterocycles.